The molecule has 1 aromatic carbocycles. The van der Waals surface area contributed by atoms with E-state index in [2.05, 4.69) is 15.8 Å². The van der Waals surface area contributed by atoms with Crippen LogP contribution >= 0.6 is 0 Å². The van der Waals surface area contributed by atoms with Crippen LogP contribution in [0.15, 0.2) is 36.9 Å². The van der Waals surface area contributed by atoms with Crippen molar-refractivity contribution in [3.8, 4) is 0 Å². The molecule has 1 atom stereocenters. The first-order chi connectivity index (χ1) is 10.2. The second-order valence-electron chi connectivity index (χ2n) is 4.02. The molecule has 22 heavy (non-hydrogen) atoms. The summed E-state index contributed by atoms with van der Waals surface area (Å²) in [5.41, 5.74) is 0.157. The molecule has 122 valence electrons. The Morgan fingerprint density at radius 3 is 2.41 bits per heavy atom. The van der Waals surface area contributed by atoms with Gasteiger partial charge >= 0.3 is 94.4 Å². The minimum atomic E-state index is -4.92. The Bertz CT molecular complexity index is 573. The SMILES string of the molecule is C=CCCC(=O)O.CC(=O)Nc1ccccc1[As](=O)(O)OO. The average Bonchev–Trinajstić information content (AvgIpc) is 2.45. The molecule has 1 unspecified atom stereocenters. The number of aliphatic carboxylic acids is 1. The van der Waals surface area contributed by atoms with Gasteiger partial charge in [0, 0.05) is 6.42 Å². The maximum absolute atomic E-state index is 11.4. The van der Waals surface area contributed by atoms with Crippen LogP contribution < -0.4 is 9.67 Å². The Morgan fingerprint density at radius 2 is 2.00 bits per heavy atom. The van der Waals surface area contributed by atoms with Gasteiger partial charge in [-0.1, -0.05) is 6.08 Å². The number of hydrogen-bond donors (Lipinski definition) is 4. The van der Waals surface area contributed by atoms with Crippen molar-refractivity contribution >= 4 is 36.1 Å². The Hall–Kier alpha value is -1.86. The van der Waals surface area contributed by atoms with Crippen LogP contribution in [0.3, 0.4) is 0 Å². The van der Waals surface area contributed by atoms with E-state index in [1.165, 1.54) is 25.1 Å². The van der Waals surface area contributed by atoms with Crippen LogP contribution in [-0.4, -0.2) is 40.5 Å². The average molecular weight is 375 g/mol. The van der Waals surface area contributed by atoms with Crippen molar-refractivity contribution in [2.75, 3.05) is 5.32 Å². The molecule has 0 aliphatic rings. The van der Waals surface area contributed by atoms with E-state index in [1.54, 1.807) is 12.1 Å². The van der Waals surface area contributed by atoms with Gasteiger partial charge in [0.05, 0.1) is 0 Å². The van der Waals surface area contributed by atoms with Crippen molar-refractivity contribution in [3.05, 3.63) is 36.9 Å². The number of anilines is 1. The molecule has 1 rings (SSSR count). The number of para-hydroxylation sites is 1. The summed E-state index contributed by atoms with van der Waals surface area (Å²) in [4.78, 5) is 20.5. The van der Waals surface area contributed by atoms with Gasteiger partial charge in [-0.3, -0.25) is 4.79 Å². The van der Waals surface area contributed by atoms with Gasteiger partial charge in [-0.15, -0.1) is 6.58 Å². The number of carbonyl (C=O) groups is 2. The van der Waals surface area contributed by atoms with E-state index >= 15 is 0 Å². The third-order valence-corrected chi connectivity index (χ3v) is 4.75. The number of allylic oxidation sites excluding steroid dienone is 1. The van der Waals surface area contributed by atoms with Gasteiger partial charge in [0.15, 0.2) is 0 Å². The molecule has 0 fully saturated rings. The Labute approximate surface area is 130 Å². The Kier molecular flexibility index (Phi) is 9.12. The fraction of sp³-hybridized carbons (Fsp3) is 0.231. The minimum absolute atomic E-state index is 0.103. The summed E-state index contributed by atoms with van der Waals surface area (Å²) in [5.74, 6) is -1.14. The number of carboxylic acids is 1. The van der Waals surface area contributed by atoms with Gasteiger partial charge in [0.1, 0.15) is 0 Å². The van der Waals surface area contributed by atoms with Crippen LogP contribution in [0.25, 0.3) is 0 Å². The zero-order valence-electron chi connectivity index (χ0n) is 11.9. The molecule has 0 radical (unpaired) electrons. The van der Waals surface area contributed by atoms with Crippen LogP contribution in [0.4, 0.5) is 5.69 Å². The third-order valence-electron chi connectivity index (χ3n) is 2.19. The number of carboxylic acid groups (broad SMARTS) is 1. The summed E-state index contributed by atoms with van der Waals surface area (Å²) >= 11 is -4.92. The number of nitrogens with one attached hydrogen (secondary N) is 1. The number of amides is 1. The van der Waals surface area contributed by atoms with Crippen LogP contribution in [0, 0.1) is 0 Å². The number of carbonyl (C=O) groups excluding carboxylic acids is 1. The van der Waals surface area contributed by atoms with Gasteiger partial charge in [0.2, 0.25) is 0 Å². The van der Waals surface area contributed by atoms with E-state index < -0.39 is 20.1 Å². The number of benzene rings is 1. The summed E-state index contributed by atoms with van der Waals surface area (Å²) in [6, 6.07) is 5.84. The molecule has 0 saturated carbocycles. The molecule has 0 aliphatic carbocycles. The van der Waals surface area contributed by atoms with E-state index in [0.717, 1.165) is 0 Å². The molecule has 0 aromatic heterocycles. The van der Waals surface area contributed by atoms with Crippen LogP contribution in [0.5, 0.6) is 0 Å². The molecule has 1 amide bonds. The summed E-state index contributed by atoms with van der Waals surface area (Å²) in [5, 5.41) is 18.7. The first kappa shape index (κ1) is 20.1. The molecule has 1 aromatic rings. The predicted octanol–water partition coefficient (Wildman–Crippen LogP) is 0.740. The van der Waals surface area contributed by atoms with Crippen molar-refractivity contribution in [2.45, 2.75) is 19.8 Å². The second kappa shape index (κ2) is 9.96. The molecule has 9 heteroatoms. The zero-order chi connectivity index (χ0) is 17.2. The maximum atomic E-state index is 11.4. The van der Waals surface area contributed by atoms with E-state index in [0.29, 0.717) is 6.42 Å². The predicted molar refractivity (Wildman–Crippen MR) is 79.8 cm³/mol. The van der Waals surface area contributed by atoms with Crippen LogP contribution in [0.2, 0.25) is 0 Å². The molecule has 0 aliphatic heterocycles. The molecule has 4 N–H and O–H groups in total. The first-order valence-corrected chi connectivity index (χ1v) is 9.41. The van der Waals surface area contributed by atoms with Crippen molar-refractivity contribution < 1.29 is 31.7 Å². The van der Waals surface area contributed by atoms with Gasteiger partial charge in [0.25, 0.3) is 0 Å². The number of rotatable bonds is 6. The number of hydrogen-bond acceptors (Lipinski definition) is 5. The Balaban J connectivity index is 0.000000534. The van der Waals surface area contributed by atoms with Gasteiger partial charge in [-0.2, -0.15) is 0 Å². The van der Waals surface area contributed by atoms with Gasteiger partial charge in [-0.05, 0) is 6.42 Å². The quantitative estimate of drug-likeness (QED) is 0.249. The molecule has 0 heterocycles. The topological polar surface area (TPSA) is 133 Å². The van der Waals surface area contributed by atoms with Crippen molar-refractivity contribution in [1.29, 1.82) is 0 Å². The monoisotopic (exact) mass is 375 g/mol. The normalized spacial score (nSPS) is 12.3. The molecule has 8 nitrogen and oxygen atoms in total. The van der Waals surface area contributed by atoms with Gasteiger partial charge < -0.3 is 5.11 Å². The fourth-order valence-corrected chi connectivity index (χ4v) is 2.96. The molecular formula is C13H18AsNO7. The van der Waals surface area contributed by atoms with E-state index in [9.17, 15) is 17.4 Å². The van der Waals surface area contributed by atoms with E-state index in [1.807, 2.05) is 0 Å². The van der Waals surface area contributed by atoms with E-state index in [4.69, 9.17) is 10.4 Å². The summed E-state index contributed by atoms with van der Waals surface area (Å²) in [6.07, 6.45) is 2.35. The molecular weight excluding hydrogens is 357 g/mol. The van der Waals surface area contributed by atoms with E-state index in [-0.39, 0.29) is 22.4 Å². The van der Waals surface area contributed by atoms with Crippen LogP contribution in [-0.2, 0) is 17.2 Å². The fourth-order valence-electron chi connectivity index (χ4n) is 1.28. The van der Waals surface area contributed by atoms with Gasteiger partial charge in [-0.25, -0.2) is 0 Å². The summed E-state index contributed by atoms with van der Waals surface area (Å²) in [6.45, 7) is 4.64. The van der Waals surface area contributed by atoms with Crippen LogP contribution in [0.1, 0.15) is 19.8 Å². The van der Waals surface area contributed by atoms with Crippen molar-refractivity contribution in [1.82, 2.24) is 0 Å². The molecule has 0 saturated heterocycles. The Morgan fingerprint density at radius 1 is 1.41 bits per heavy atom. The first-order valence-electron chi connectivity index (χ1n) is 6.10. The summed E-state index contributed by atoms with van der Waals surface area (Å²) in [7, 11) is 0. The summed E-state index contributed by atoms with van der Waals surface area (Å²) < 4.78 is 24.1. The standard InChI is InChI=1S/C8H10AsNO5.C5H8O2/c1-6(11)10-8-5-3-2-4-7(8)9(12,13)15-14;1-2-3-4-5(6)7/h2-5,14H,1H3,(H,10,11)(H,12,13);2H,1,3-4H2,(H,6,7). The molecule has 0 bridgehead atoms. The second-order valence-corrected chi connectivity index (χ2v) is 7.56. The van der Waals surface area contributed by atoms with Crippen molar-refractivity contribution in [2.24, 2.45) is 0 Å². The third kappa shape index (κ3) is 7.80. The molecule has 0 spiro atoms. The zero-order valence-corrected chi connectivity index (χ0v) is 13.8. The van der Waals surface area contributed by atoms with Crippen molar-refractivity contribution in [3.63, 3.8) is 0 Å².